The van der Waals surface area contributed by atoms with Gasteiger partial charge in [-0.2, -0.15) is 0 Å². The first-order valence-electron chi connectivity index (χ1n) is 6.93. The largest absolute Gasteiger partial charge is 0.386 e. The summed E-state index contributed by atoms with van der Waals surface area (Å²) in [7, 11) is 4.03. The Morgan fingerprint density at radius 3 is 2.50 bits per heavy atom. The van der Waals surface area contributed by atoms with E-state index in [0.29, 0.717) is 0 Å². The van der Waals surface area contributed by atoms with Crippen molar-refractivity contribution in [1.82, 2.24) is 5.32 Å². The molecule has 0 amide bonds. The number of aliphatic hydroxyl groups is 1. The lowest BCUT2D eigenvalue weighted by Gasteiger charge is -2.21. The molecule has 0 aromatic heterocycles. The number of hydrogen-bond donors (Lipinski definition) is 2. The molecular weight excluding hydrogens is 248 g/mol. The van der Waals surface area contributed by atoms with Crippen molar-refractivity contribution in [1.29, 1.82) is 0 Å². The third kappa shape index (κ3) is 2.30. The molecular formula is C17H20N2O. The van der Waals surface area contributed by atoms with Crippen LogP contribution in [0.1, 0.15) is 28.8 Å². The fourth-order valence-electron chi connectivity index (χ4n) is 2.77. The fraction of sp³-hybridized carbons (Fsp3) is 0.294. The minimum Gasteiger partial charge on any atom is -0.386 e. The maximum absolute atomic E-state index is 10.6. The summed E-state index contributed by atoms with van der Waals surface area (Å²) in [4.78, 5) is 2.05. The number of hydrogen-bond acceptors (Lipinski definition) is 3. The summed E-state index contributed by atoms with van der Waals surface area (Å²) in [6, 6.07) is 16.4. The van der Waals surface area contributed by atoms with Gasteiger partial charge in [0.05, 0.1) is 12.1 Å². The molecule has 3 heteroatoms. The van der Waals surface area contributed by atoms with Crippen LogP contribution in [0, 0.1) is 0 Å². The molecule has 3 nitrogen and oxygen atoms in total. The number of nitrogens with one attached hydrogen (secondary N) is 1. The van der Waals surface area contributed by atoms with Crippen molar-refractivity contribution in [2.24, 2.45) is 0 Å². The Kier molecular flexibility index (Phi) is 3.47. The van der Waals surface area contributed by atoms with E-state index in [-0.39, 0.29) is 6.04 Å². The van der Waals surface area contributed by atoms with E-state index in [1.165, 1.54) is 11.1 Å². The second-order valence-corrected chi connectivity index (χ2v) is 5.49. The van der Waals surface area contributed by atoms with Gasteiger partial charge in [-0.05, 0) is 28.8 Å². The molecule has 0 aliphatic carbocycles. The minimum absolute atomic E-state index is 0.0172. The summed E-state index contributed by atoms with van der Waals surface area (Å²) in [5.74, 6) is 0. The van der Waals surface area contributed by atoms with Crippen molar-refractivity contribution in [3.8, 4) is 0 Å². The van der Waals surface area contributed by atoms with Crippen molar-refractivity contribution >= 4 is 5.69 Å². The zero-order valence-electron chi connectivity index (χ0n) is 11.9. The summed E-state index contributed by atoms with van der Waals surface area (Å²) in [5.41, 5.74) is 4.57. The topological polar surface area (TPSA) is 35.5 Å². The van der Waals surface area contributed by atoms with Gasteiger partial charge in [0.25, 0.3) is 0 Å². The van der Waals surface area contributed by atoms with Crippen LogP contribution in [0.25, 0.3) is 0 Å². The Bertz CT molecular complexity index is 592. The zero-order valence-corrected chi connectivity index (χ0v) is 11.9. The van der Waals surface area contributed by atoms with Crippen LogP contribution < -0.4 is 10.2 Å². The van der Waals surface area contributed by atoms with Crippen LogP contribution in [0.15, 0.2) is 48.5 Å². The summed E-state index contributed by atoms with van der Waals surface area (Å²) >= 11 is 0. The number of anilines is 1. The molecule has 20 heavy (non-hydrogen) atoms. The van der Waals surface area contributed by atoms with Gasteiger partial charge < -0.3 is 15.3 Å². The van der Waals surface area contributed by atoms with E-state index in [4.69, 9.17) is 0 Å². The number of nitrogens with zero attached hydrogens (tertiary/aromatic N) is 1. The number of aliphatic hydroxyl groups excluding tert-OH is 1. The molecule has 0 bridgehead atoms. The van der Waals surface area contributed by atoms with Gasteiger partial charge in [-0.1, -0.05) is 36.4 Å². The van der Waals surface area contributed by atoms with Gasteiger partial charge in [0.15, 0.2) is 0 Å². The molecule has 0 saturated carbocycles. The van der Waals surface area contributed by atoms with E-state index in [2.05, 4.69) is 22.3 Å². The van der Waals surface area contributed by atoms with Crippen LogP contribution in [0.5, 0.6) is 0 Å². The van der Waals surface area contributed by atoms with Gasteiger partial charge in [-0.15, -0.1) is 0 Å². The highest BCUT2D eigenvalue weighted by molar-refractivity contribution is 5.47. The van der Waals surface area contributed by atoms with Crippen molar-refractivity contribution in [2.75, 3.05) is 19.0 Å². The summed E-state index contributed by atoms with van der Waals surface area (Å²) in [6.45, 7) is 0.827. The van der Waals surface area contributed by atoms with Gasteiger partial charge in [-0.25, -0.2) is 0 Å². The SMILES string of the molecule is CN(C)c1ccc(C(O)C2NCc3ccccc32)cc1. The fourth-order valence-corrected chi connectivity index (χ4v) is 2.77. The third-order valence-electron chi connectivity index (χ3n) is 3.97. The van der Waals surface area contributed by atoms with Gasteiger partial charge in [0.2, 0.25) is 0 Å². The minimum atomic E-state index is -0.519. The average Bonchev–Trinajstić information content (AvgIpc) is 2.90. The molecule has 2 N–H and O–H groups in total. The molecule has 2 aromatic rings. The maximum Gasteiger partial charge on any atom is 0.0984 e. The van der Waals surface area contributed by atoms with Gasteiger partial charge in [0.1, 0.15) is 0 Å². The Balaban J connectivity index is 1.85. The van der Waals surface area contributed by atoms with E-state index in [9.17, 15) is 5.11 Å². The van der Waals surface area contributed by atoms with Crippen molar-refractivity contribution < 1.29 is 5.11 Å². The van der Waals surface area contributed by atoms with E-state index in [0.717, 1.165) is 17.8 Å². The first kappa shape index (κ1) is 13.2. The second kappa shape index (κ2) is 5.27. The lowest BCUT2D eigenvalue weighted by Crippen LogP contribution is -2.20. The van der Waals surface area contributed by atoms with E-state index < -0.39 is 6.10 Å². The molecule has 0 saturated heterocycles. The summed E-state index contributed by atoms with van der Waals surface area (Å²) < 4.78 is 0. The quantitative estimate of drug-likeness (QED) is 0.898. The molecule has 2 atom stereocenters. The van der Waals surface area contributed by atoms with E-state index in [1.807, 2.05) is 50.5 Å². The van der Waals surface area contributed by atoms with Crippen LogP contribution in [-0.2, 0) is 6.54 Å². The van der Waals surface area contributed by atoms with Crippen LogP contribution in [0.3, 0.4) is 0 Å². The molecule has 2 aromatic carbocycles. The molecule has 0 radical (unpaired) electrons. The molecule has 2 unspecified atom stereocenters. The van der Waals surface area contributed by atoms with Crippen LogP contribution in [0.2, 0.25) is 0 Å². The standard InChI is InChI=1S/C17H20N2O/c1-19(2)14-9-7-12(8-10-14)17(20)16-15-6-4-3-5-13(15)11-18-16/h3-10,16-18,20H,11H2,1-2H3. The lowest BCUT2D eigenvalue weighted by molar-refractivity contribution is 0.133. The normalized spacial score (nSPS) is 18.6. The molecule has 0 fully saturated rings. The third-order valence-corrected chi connectivity index (χ3v) is 3.97. The monoisotopic (exact) mass is 268 g/mol. The zero-order chi connectivity index (χ0) is 14.1. The van der Waals surface area contributed by atoms with Crippen LogP contribution in [-0.4, -0.2) is 19.2 Å². The van der Waals surface area contributed by atoms with Gasteiger partial charge in [-0.3, -0.25) is 0 Å². The van der Waals surface area contributed by atoms with E-state index >= 15 is 0 Å². The molecule has 104 valence electrons. The molecule has 1 aliphatic heterocycles. The lowest BCUT2D eigenvalue weighted by atomic mass is 9.96. The second-order valence-electron chi connectivity index (χ2n) is 5.49. The number of benzene rings is 2. The van der Waals surface area contributed by atoms with Crippen LogP contribution in [0.4, 0.5) is 5.69 Å². The first-order chi connectivity index (χ1) is 9.66. The molecule has 0 spiro atoms. The molecule has 1 heterocycles. The van der Waals surface area contributed by atoms with Gasteiger partial charge in [0, 0.05) is 26.3 Å². The number of rotatable bonds is 3. The molecule has 1 aliphatic rings. The summed E-state index contributed by atoms with van der Waals surface area (Å²) in [6.07, 6.45) is -0.519. The Labute approximate surface area is 119 Å². The first-order valence-corrected chi connectivity index (χ1v) is 6.93. The highest BCUT2D eigenvalue weighted by Gasteiger charge is 2.28. The Morgan fingerprint density at radius 1 is 1.10 bits per heavy atom. The summed E-state index contributed by atoms with van der Waals surface area (Å²) in [5, 5.41) is 14.0. The van der Waals surface area contributed by atoms with E-state index in [1.54, 1.807) is 0 Å². The Morgan fingerprint density at radius 2 is 1.80 bits per heavy atom. The smallest absolute Gasteiger partial charge is 0.0984 e. The molecule has 3 rings (SSSR count). The average molecular weight is 268 g/mol. The van der Waals surface area contributed by atoms with Crippen molar-refractivity contribution in [2.45, 2.75) is 18.7 Å². The maximum atomic E-state index is 10.6. The van der Waals surface area contributed by atoms with Crippen molar-refractivity contribution in [3.63, 3.8) is 0 Å². The highest BCUT2D eigenvalue weighted by atomic mass is 16.3. The van der Waals surface area contributed by atoms with Crippen LogP contribution >= 0.6 is 0 Å². The van der Waals surface area contributed by atoms with Crippen molar-refractivity contribution in [3.05, 3.63) is 65.2 Å². The number of fused-ring (bicyclic) bond motifs is 1. The van der Waals surface area contributed by atoms with Gasteiger partial charge >= 0.3 is 0 Å². The highest BCUT2D eigenvalue weighted by Crippen LogP contribution is 2.35. The predicted octanol–water partition coefficient (Wildman–Crippen LogP) is 2.63. The Hall–Kier alpha value is -1.84. The predicted molar refractivity (Wildman–Crippen MR) is 81.8 cm³/mol.